The molecule has 0 bridgehead atoms. The average molecular weight is 652 g/mol. The van der Waals surface area contributed by atoms with Gasteiger partial charge in [0.15, 0.2) is 0 Å². The monoisotopic (exact) mass is 651 g/mol. The molecule has 0 aliphatic rings. The van der Waals surface area contributed by atoms with E-state index in [-0.39, 0.29) is 0 Å². The van der Waals surface area contributed by atoms with Gasteiger partial charge in [-0.1, -0.05) is 140 Å². The van der Waals surface area contributed by atoms with Crippen molar-refractivity contribution in [2.75, 3.05) is 0 Å². The molecule has 232 valence electrons. The number of para-hydroxylation sites is 2. The standard InChI is InChI=1S/C48H29NS/c1-2-12-34-30(11-1)23-27-41-42-29-32(24-28-45(42)50-48(34)41)47-39-17-5-3-15-37(39)46(38-16-4-6-18-40(38)47)31-21-25-33(26-22-31)49-43-19-9-7-13-35(43)36-14-8-10-20-44(36)49/h1-29H. The Labute approximate surface area is 292 Å². The van der Waals surface area contributed by atoms with E-state index in [4.69, 9.17) is 0 Å². The fourth-order valence-electron chi connectivity index (χ4n) is 8.39. The average Bonchev–Trinajstić information content (AvgIpc) is 3.73. The molecule has 0 N–H and O–H groups in total. The lowest BCUT2D eigenvalue weighted by Gasteiger charge is -2.18. The first kappa shape index (κ1) is 27.7. The second-order valence-corrected chi connectivity index (χ2v) is 14.3. The van der Waals surface area contributed by atoms with E-state index >= 15 is 0 Å². The molecule has 0 fully saturated rings. The highest BCUT2D eigenvalue weighted by Crippen LogP contribution is 2.46. The van der Waals surface area contributed by atoms with E-state index in [1.54, 1.807) is 0 Å². The molecule has 50 heavy (non-hydrogen) atoms. The van der Waals surface area contributed by atoms with Crippen LogP contribution in [0.3, 0.4) is 0 Å². The molecular formula is C48H29NS. The van der Waals surface area contributed by atoms with Gasteiger partial charge in [-0.25, -0.2) is 0 Å². The van der Waals surface area contributed by atoms with Crippen LogP contribution in [0.5, 0.6) is 0 Å². The van der Waals surface area contributed by atoms with Gasteiger partial charge in [-0.3, -0.25) is 0 Å². The summed E-state index contributed by atoms with van der Waals surface area (Å²) in [5.41, 5.74) is 8.67. The minimum absolute atomic E-state index is 1.17. The van der Waals surface area contributed by atoms with Crippen LogP contribution >= 0.6 is 11.3 Å². The summed E-state index contributed by atoms with van der Waals surface area (Å²) in [6.07, 6.45) is 0. The fourth-order valence-corrected chi connectivity index (χ4v) is 9.61. The van der Waals surface area contributed by atoms with Crippen molar-refractivity contribution in [1.82, 2.24) is 4.57 Å². The van der Waals surface area contributed by atoms with Gasteiger partial charge >= 0.3 is 0 Å². The Morgan fingerprint density at radius 3 is 1.46 bits per heavy atom. The van der Waals surface area contributed by atoms with Gasteiger partial charge in [-0.05, 0) is 91.0 Å². The van der Waals surface area contributed by atoms with E-state index in [0.717, 1.165) is 0 Å². The zero-order valence-electron chi connectivity index (χ0n) is 27.1. The van der Waals surface area contributed by atoms with E-state index < -0.39 is 0 Å². The summed E-state index contributed by atoms with van der Waals surface area (Å²) in [7, 11) is 0. The van der Waals surface area contributed by atoms with Crippen molar-refractivity contribution in [3.63, 3.8) is 0 Å². The highest BCUT2D eigenvalue weighted by atomic mass is 32.1. The Hall–Kier alpha value is -6.22. The van der Waals surface area contributed by atoms with Crippen LogP contribution in [0.2, 0.25) is 0 Å². The summed E-state index contributed by atoms with van der Waals surface area (Å²) in [6.45, 7) is 0. The molecule has 0 spiro atoms. The summed E-state index contributed by atoms with van der Waals surface area (Å²) in [4.78, 5) is 0. The van der Waals surface area contributed by atoms with Gasteiger partial charge in [-0.2, -0.15) is 0 Å². The normalized spacial score (nSPS) is 12.0. The largest absolute Gasteiger partial charge is 0.309 e. The maximum Gasteiger partial charge on any atom is 0.0541 e. The van der Waals surface area contributed by atoms with Crippen LogP contribution < -0.4 is 0 Å². The zero-order chi connectivity index (χ0) is 32.8. The molecule has 11 aromatic rings. The SMILES string of the molecule is c1ccc2c(c1)ccc1c3cc(-c4c5ccccc5c(-c5ccc(-n6c7ccccc7c7ccccc76)cc5)c5ccccc45)ccc3sc21. The lowest BCUT2D eigenvalue weighted by atomic mass is 9.85. The number of benzene rings is 9. The van der Waals surface area contributed by atoms with Crippen LogP contribution in [0.15, 0.2) is 176 Å². The number of aromatic nitrogens is 1. The first-order chi connectivity index (χ1) is 24.8. The molecule has 0 aliphatic heterocycles. The van der Waals surface area contributed by atoms with E-state index in [1.807, 2.05) is 11.3 Å². The van der Waals surface area contributed by atoms with Crippen molar-refractivity contribution in [1.29, 1.82) is 0 Å². The van der Waals surface area contributed by atoms with Gasteiger partial charge in [0, 0.05) is 36.6 Å². The molecule has 0 saturated carbocycles. The lowest BCUT2D eigenvalue weighted by molar-refractivity contribution is 1.18. The van der Waals surface area contributed by atoms with Gasteiger partial charge in [-0.15, -0.1) is 11.3 Å². The Morgan fingerprint density at radius 1 is 0.340 bits per heavy atom. The number of fused-ring (bicyclic) bond motifs is 10. The van der Waals surface area contributed by atoms with Crippen LogP contribution in [0.4, 0.5) is 0 Å². The van der Waals surface area contributed by atoms with Gasteiger partial charge in [0.25, 0.3) is 0 Å². The second-order valence-electron chi connectivity index (χ2n) is 13.2. The van der Waals surface area contributed by atoms with Crippen LogP contribution in [0.1, 0.15) is 0 Å². The van der Waals surface area contributed by atoms with Crippen molar-refractivity contribution >= 4 is 85.6 Å². The van der Waals surface area contributed by atoms with Crippen molar-refractivity contribution < 1.29 is 0 Å². The minimum Gasteiger partial charge on any atom is -0.309 e. The Balaban J connectivity index is 1.12. The zero-order valence-corrected chi connectivity index (χ0v) is 27.9. The third-order valence-corrected chi connectivity index (χ3v) is 11.8. The molecule has 11 rings (SSSR count). The number of thiophene rings is 1. The minimum atomic E-state index is 1.17. The Kier molecular flexibility index (Phi) is 5.89. The highest BCUT2D eigenvalue weighted by molar-refractivity contribution is 7.26. The van der Waals surface area contributed by atoms with E-state index in [9.17, 15) is 0 Å². The second kappa shape index (κ2) is 10.6. The van der Waals surface area contributed by atoms with Gasteiger partial charge in [0.2, 0.25) is 0 Å². The predicted octanol–water partition coefficient (Wildman–Crippen LogP) is 13.9. The molecule has 9 aromatic carbocycles. The first-order valence-electron chi connectivity index (χ1n) is 17.2. The molecule has 2 heterocycles. The number of hydrogen-bond donors (Lipinski definition) is 0. The molecule has 2 heteroatoms. The molecule has 0 radical (unpaired) electrons. The maximum absolute atomic E-state index is 2.43. The van der Waals surface area contributed by atoms with Crippen LogP contribution in [0.25, 0.3) is 102 Å². The van der Waals surface area contributed by atoms with Crippen molar-refractivity contribution in [3.8, 4) is 27.9 Å². The first-order valence-corrected chi connectivity index (χ1v) is 18.0. The molecule has 0 atom stereocenters. The molecule has 2 aromatic heterocycles. The van der Waals surface area contributed by atoms with Gasteiger partial charge in [0.05, 0.1) is 11.0 Å². The quantitative estimate of drug-likeness (QED) is 0.168. The summed E-state index contributed by atoms with van der Waals surface area (Å²) >= 11 is 1.90. The van der Waals surface area contributed by atoms with Gasteiger partial charge < -0.3 is 4.57 Å². The summed E-state index contributed by atoms with van der Waals surface area (Å²) < 4.78 is 5.08. The lowest BCUT2D eigenvalue weighted by Crippen LogP contribution is -1.94. The predicted molar refractivity (Wildman–Crippen MR) is 217 cm³/mol. The van der Waals surface area contributed by atoms with Crippen LogP contribution in [-0.2, 0) is 0 Å². The maximum atomic E-state index is 2.43. The molecule has 0 saturated heterocycles. The smallest absolute Gasteiger partial charge is 0.0541 e. The van der Waals surface area contributed by atoms with Crippen LogP contribution in [0, 0.1) is 0 Å². The molecule has 0 aliphatic carbocycles. The molecular weight excluding hydrogens is 623 g/mol. The van der Waals surface area contributed by atoms with E-state index in [0.29, 0.717) is 0 Å². The summed E-state index contributed by atoms with van der Waals surface area (Å²) in [5.74, 6) is 0. The number of rotatable bonds is 3. The number of hydrogen-bond acceptors (Lipinski definition) is 1. The summed E-state index contributed by atoms with van der Waals surface area (Å²) in [6, 6.07) is 64.9. The van der Waals surface area contributed by atoms with Crippen LogP contribution in [-0.4, -0.2) is 4.57 Å². The molecule has 0 amide bonds. The van der Waals surface area contributed by atoms with E-state index in [2.05, 4.69) is 180 Å². The summed E-state index contributed by atoms with van der Waals surface area (Å²) in [5, 5.41) is 12.9. The number of nitrogens with zero attached hydrogens (tertiary/aromatic N) is 1. The van der Waals surface area contributed by atoms with Crippen molar-refractivity contribution in [3.05, 3.63) is 176 Å². The molecule has 1 nitrogen and oxygen atoms in total. The fraction of sp³-hybridized carbons (Fsp3) is 0. The van der Waals surface area contributed by atoms with Gasteiger partial charge in [0.1, 0.15) is 0 Å². The Morgan fingerprint density at radius 2 is 0.840 bits per heavy atom. The third kappa shape index (κ3) is 3.94. The highest BCUT2D eigenvalue weighted by Gasteiger charge is 2.18. The third-order valence-electron chi connectivity index (χ3n) is 10.6. The molecule has 0 unspecified atom stereocenters. The van der Waals surface area contributed by atoms with Crippen molar-refractivity contribution in [2.45, 2.75) is 0 Å². The Bertz CT molecular complexity index is 3030. The van der Waals surface area contributed by atoms with Crippen molar-refractivity contribution in [2.24, 2.45) is 0 Å². The topological polar surface area (TPSA) is 4.93 Å². The van der Waals surface area contributed by atoms with E-state index in [1.165, 1.54) is 102 Å².